The van der Waals surface area contributed by atoms with Crippen LogP contribution in [-0.4, -0.2) is 96.7 Å². The van der Waals surface area contributed by atoms with Gasteiger partial charge in [0.1, 0.15) is 19.3 Å². The van der Waals surface area contributed by atoms with Gasteiger partial charge < -0.3 is 33.8 Å². The minimum Gasteiger partial charge on any atom is -0.462 e. The van der Waals surface area contributed by atoms with E-state index in [1.165, 1.54) is 238 Å². The molecule has 0 radical (unpaired) electrons. The van der Waals surface area contributed by atoms with Gasteiger partial charge in [0.05, 0.1) is 26.4 Å². The van der Waals surface area contributed by atoms with Crippen molar-refractivity contribution in [3.05, 3.63) is 0 Å². The lowest BCUT2D eigenvalue weighted by atomic mass is 10.0. The summed E-state index contributed by atoms with van der Waals surface area (Å²) in [5, 5.41) is 10.6. The van der Waals surface area contributed by atoms with E-state index in [9.17, 15) is 43.2 Å². The maximum absolute atomic E-state index is 13.1. The van der Waals surface area contributed by atoms with Gasteiger partial charge in [0, 0.05) is 25.7 Å². The van der Waals surface area contributed by atoms with E-state index in [0.717, 1.165) is 96.3 Å². The second-order valence-electron chi connectivity index (χ2n) is 27.7. The third-order valence-corrected chi connectivity index (χ3v) is 20.0. The molecule has 0 saturated carbocycles. The quantitative estimate of drug-likeness (QED) is 0.0222. The molecule has 0 heterocycles. The molecule has 0 aliphatic carbocycles. The van der Waals surface area contributed by atoms with E-state index < -0.39 is 97.5 Å². The maximum atomic E-state index is 13.1. The Morgan fingerprint density at radius 2 is 0.417 bits per heavy atom. The molecule has 0 aliphatic rings. The Hall–Kier alpha value is -1.94. The third kappa shape index (κ3) is 70.5. The lowest BCUT2D eigenvalue weighted by Crippen LogP contribution is -2.30. The summed E-state index contributed by atoms with van der Waals surface area (Å²) in [5.41, 5.74) is 0. The summed E-state index contributed by atoms with van der Waals surface area (Å²) < 4.78 is 68.2. The monoisotopic (exact) mass is 1410 g/mol. The van der Waals surface area contributed by atoms with Crippen LogP contribution in [0.25, 0.3) is 0 Å². The molecule has 17 nitrogen and oxygen atoms in total. The highest BCUT2D eigenvalue weighted by Gasteiger charge is 2.30. The Balaban J connectivity index is 5.09. The number of phosphoric acid groups is 2. The second-order valence-corrected chi connectivity index (χ2v) is 30.7. The molecule has 0 aromatic carbocycles. The van der Waals surface area contributed by atoms with Crippen LogP contribution in [-0.2, 0) is 65.4 Å². The van der Waals surface area contributed by atoms with Crippen molar-refractivity contribution in [2.24, 2.45) is 0 Å². The van der Waals surface area contributed by atoms with Crippen LogP contribution in [0.2, 0.25) is 0 Å². The van der Waals surface area contributed by atoms with Crippen molar-refractivity contribution in [2.45, 2.75) is 431 Å². The molecule has 96 heavy (non-hydrogen) atoms. The van der Waals surface area contributed by atoms with Crippen molar-refractivity contribution in [1.29, 1.82) is 0 Å². The largest absolute Gasteiger partial charge is 0.472 e. The number of aliphatic hydroxyl groups is 1. The minimum atomic E-state index is -4.95. The summed E-state index contributed by atoms with van der Waals surface area (Å²) in [6, 6.07) is 0. The van der Waals surface area contributed by atoms with Crippen molar-refractivity contribution < 1.29 is 80.2 Å². The first kappa shape index (κ1) is 94.1. The van der Waals surface area contributed by atoms with Crippen LogP contribution < -0.4 is 0 Å². The van der Waals surface area contributed by atoms with Crippen molar-refractivity contribution in [2.75, 3.05) is 39.6 Å². The van der Waals surface area contributed by atoms with Gasteiger partial charge in [0.2, 0.25) is 0 Å². The summed E-state index contributed by atoms with van der Waals surface area (Å²) >= 11 is 0. The molecule has 0 fully saturated rings. The van der Waals surface area contributed by atoms with E-state index in [1.54, 1.807) is 0 Å². The molecule has 0 saturated heterocycles. The zero-order valence-electron chi connectivity index (χ0n) is 62.4. The number of hydrogen-bond donors (Lipinski definition) is 3. The summed E-state index contributed by atoms with van der Waals surface area (Å²) in [7, 11) is -9.90. The van der Waals surface area contributed by atoms with Crippen LogP contribution in [0.5, 0.6) is 0 Å². The number of unbranched alkanes of at least 4 members (excludes halogenated alkanes) is 52. The van der Waals surface area contributed by atoms with Gasteiger partial charge in [-0.05, 0) is 25.7 Å². The molecule has 0 aromatic heterocycles. The molecule has 0 amide bonds. The van der Waals surface area contributed by atoms with Gasteiger partial charge >= 0.3 is 39.5 Å². The molecule has 5 atom stereocenters. The maximum Gasteiger partial charge on any atom is 0.472 e. The lowest BCUT2D eigenvalue weighted by Gasteiger charge is -2.21. The van der Waals surface area contributed by atoms with Crippen molar-refractivity contribution >= 4 is 39.5 Å². The van der Waals surface area contributed by atoms with E-state index in [0.29, 0.717) is 25.7 Å². The van der Waals surface area contributed by atoms with Crippen molar-refractivity contribution in [3.63, 3.8) is 0 Å². The van der Waals surface area contributed by atoms with E-state index >= 15 is 0 Å². The number of esters is 4. The summed E-state index contributed by atoms with van der Waals surface area (Å²) in [6.07, 6.45) is 63.1. The lowest BCUT2D eigenvalue weighted by molar-refractivity contribution is -0.161. The van der Waals surface area contributed by atoms with Gasteiger partial charge in [0.15, 0.2) is 12.2 Å². The molecular formula is C77H150O17P2. The molecule has 3 N–H and O–H groups in total. The van der Waals surface area contributed by atoms with E-state index in [-0.39, 0.29) is 25.7 Å². The number of ether oxygens (including phenoxy) is 4. The van der Waals surface area contributed by atoms with Crippen LogP contribution in [0.15, 0.2) is 0 Å². The van der Waals surface area contributed by atoms with Crippen molar-refractivity contribution in [1.82, 2.24) is 0 Å². The van der Waals surface area contributed by atoms with Crippen LogP contribution in [0, 0.1) is 0 Å². The summed E-state index contributed by atoms with van der Waals surface area (Å²) in [5.74, 6) is -2.13. The zero-order valence-corrected chi connectivity index (χ0v) is 64.1. The highest BCUT2D eigenvalue weighted by atomic mass is 31.2. The predicted octanol–water partition coefficient (Wildman–Crippen LogP) is 23.0. The molecule has 0 aliphatic heterocycles. The molecule has 0 spiro atoms. The van der Waals surface area contributed by atoms with E-state index in [4.69, 9.17) is 37.0 Å². The number of carbonyl (C=O) groups is 4. The zero-order chi connectivity index (χ0) is 70.4. The Morgan fingerprint density at radius 1 is 0.250 bits per heavy atom. The van der Waals surface area contributed by atoms with Crippen LogP contribution in [0.3, 0.4) is 0 Å². The fourth-order valence-electron chi connectivity index (χ4n) is 11.9. The number of phosphoric ester groups is 2. The number of hydrogen-bond acceptors (Lipinski definition) is 15. The first-order valence-corrected chi connectivity index (χ1v) is 43.3. The molecular weight excluding hydrogens is 1260 g/mol. The van der Waals surface area contributed by atoms with Gasteiger partial charge in [-0.15, -0.1) is 0 Å². The highest BCUT2D eigenvalue weighted by molar-refractivity contribution is 7.47. The smallest absolute Gasteiger partial charge is 0.462 e. The second kappa shape index (κ2) is 71.5. The predicted molar refractivity (Wildman–Crippen MR) is 391 cm³/mol. The third-order valence-electron chi connectivity index (χ3n) is 18.1. The first-order chi connectivity index (χ1) is 46.7. The fourth-order valence-corrected chi connectivity index (χ4v) is 13.5. The van der Waals surface area contributed by atoms with Crippen LogP contribution >= 0.6 is 15.6 Å². The number of aliphatic hydroxyl groups excluding tert-OH is 1. The highest BCUT2D eigenvalue weighted by Crippen LogP contribution is 2.45. The molecule has 0 rings (SSSR count). The topological polar surface area (TPSA) is 237 Å². The molecule has 2 unspecified atom stereocenters. The average Bonchev–Trinajstić information content (AvgIpc) is 2.25. The van der Waals surface area contributed by atoms with E-state index in [1.807, 2.05) is 0 Å². The minimum absolute atomic E-state index is 0.106. The van der Waals surface area contributed by atoms with Crippen LogP contribution in [0.4, 0.5) is 0 Å². The van der Waals surface area contributed by atoms with Gasteiger partial charge in [-0.2, -0.15) is 0 Å². The number of rotatable bonds is 78. The Labute approximate surface area is 588 Å². The molecule has 19 heteroatoms. The first-order valence-electron chi connectivity index (χ1n) is 40.3. The normalized spacial score (nSPS) is 13.9. The average molecular weight is 1410 g/mol. The standard InChI is InChI=1S/C77H150O17P2/c1-5-9-13-17-20-23-26-28-30-32-34-35-36-38-40-42-44-46-49-52-56-60-64-77(82)94-73(68-88-75(80)62-58-54-50-48-45-43-41-39-37-33-31-29-27-24-21-18-14-10-6-2)70-92-96(85,86)90-66-71(78)65-89-95(83,84)91-69-72(67-87-74(79)61-57-53-16-12-8-4)93-76(81)63-59-55-51-47-25-22-19-15-11-7-3/h71-73,78H,5-70H2,1-4H3,(H,83,84)(H,85,86)/t71-,72+,73+/m0/s1. The van der Waals surface area contributed by atoms with Gasteiger partial charge in [0.25, 0.3) is 0 Å². The van der Waals surface area contributed by atoms with Gasteiger partial charge in [-0.25, -0.2) is 9.13 Å². The van der Waals surface area contributed by atoms with Crippen molar-refractivity contribution in [3.8, 4) is 0 Å². The fraction of sp³-hybridized carbons (Fsp3) is 0.948. The Bertz CT molecular complexity index is 1830. The Kier molecular flexibility index (Phi) is 70.0. The molecule has 0 aromatic rings. The Morgan fingerprint density at radius 3 is 0.615 bits per heavy atom. The van der Waals surface area contributed by atoms with Gasteiger partial charge in [-0.3, -0.25) is 37.3 Å². The molecule has 570 valence electrons. The van der Waals surface area contributed by atoms with Crippen LogP contribution in [0.1, 0.15) is 413 Å². The van der Waals surface area contributed by atoms with E-state index in [2.05, 4.69) is 27.7 Å². The number of carbonyl (C=O) groups excluding carboxylic acids is 4. The van der Waals surface area contributed by atoms with Gasteiger partial charge in [-0.1, -0.05) is 362 Å². The summed E-state index contributed by atoms with van der Waals surface area (Å²) in [4.78, 5) is 72.5. The SMILES string of the molecule is CCCCCCCCCCCCCCCCCCCCCCCCC(=O)O[C@H](COC(=O)CCCCCCCCCCCCCCCCCCCCC)COP(=O)(O)OC[C@@H](O)COP(=O)(O)OC[C@@H](COC(=O)CCCCCCC)OC(=O)CCCCCCCCCCCC. The molecule has 0 bridgehead atoms. The summed E-state index contributed by atoms with van der Waals surface area (Å²) in [6.45, 7) is 4.88.